The number of halogens is 2. The second-order valence-corrected chi connectivity index (χ2v) is 9.93. The number of benzene rings is 2. The Morgan fingerprint density at radius 1 is 1.00 bits per heavy atom. The summed E-state index contributed by atoms with van der Waals surface area (Å²) >= 11 is 12.1. The van der Waals surface area contributed by atoms with Crippen LogP contribution in [0, 0.1) is 33.8 Å². The summed E-state index contributed by atoms with van der Waals surface area (Å²) in [4.78, 5) is 63.9. The lowest BCUT2D eigenvalue weighted by molar-refractivity contribution is -0.384. The fraction of sp³-hybridized carbons (Fsp3) is 0.333. The van der Waals surface area contributed by atoms with Gasteiger partial charge >= 0.3 is 0 Å². The van der Waals surface area contributed by atoms with E-state index < -0.39 is 46.8 Å². The Kier molecular flexibility index (Phi) is 5.85. The third-order valence-corrected chi connectivity index (χ3v) is 7.78. The van der Waals surface area contributed by atoms with E-state index >= 15 is 0 Å². The average molecular weight is 516 g/mol. The first-order valence-electron chi connectivity index (χ1n) is 11.1. The van der Waals surface area contributed by atoms with E-state index in [1.807, 2.05) is 0 Å². The SMILES string of the molecule is O=C(CN(C(=O)c1ccc([N+](=O)[O-])cc1)N1C(=O)[C@@H]2[C@H]3CC[C@@H](C3)[C@H]2C1=O)c1ccc(Cl)cc1Cl. The molecule has 35 heavy (non-hydrogen) atoms. The number of amides is 3. The van der Waals surface area contributed by atoms with E-state index in [4.69, 9.17) is 23.2 Å². The van der Waals surface area contributed by atoms with Crippen LogP contribution in [0.4, 0.5) is 5.69 Å². The molecule has 2 aromatic carbocycles. The van der Waals surface area contributed by atoms with Crippen LogP contribution in [-0.2, 0) is 9.59 Å². The standard InChI is InChI=1S/C24H19Cl2N3O6/c25-15-5-8-17(18(26)10-15)19(30)11-27(22(31)12-3-6-16(7-4-12)29(34)35)28-23(32)20-13-1-2-14(9-13)21(20)24(28)33/h3-8,10,13-14,20-21H,1-2,9,11H2/t13-,14-,20+,21+/m0/s1. The fourth-order valence-electron chi connectivity index (χ4n) is 5.68. The Bertz CT molecular complexity index is 1250. The maximum atomic E-state index is 13.5. The Morgan fingerprint density at radius 3 is 2.14 bits per heavy atom. The van der Waals surface area contributed by atoms with Gasteiger partial charge in [0, 0.05) is 28.3 Å². The summed E-state index contributed by atoms with van der Waals surface area (Å²) < 4.78 is 0. The van der Waals surface area contributed by atoms with Crippen molar-refractivity contribution in [1.82, 2.24) is 10.0 Å². The topological polar surface area (TPSA) is 118 Å². The number of non-ortho nitro benzene ring substituents is 1. The molecule has 3 amide bonds. The van der Waals surface area contributed by atoms with Crippen molar-refractivity contribution in [3.05, 3.63) is 73.8 Å². The molecule has 0 aromatic heterocycles. The Balaban J connectivity index is 1.50. The van der Waals surface area contributed by atoms with E-state index in [0.29, 0.717) is 5.02 Å². The van der Waals surface area contributed by atoms with Gasteiger partial charge in [-0.3, -0.25) is 29.3 Å². The van der Waals surface area contributed by atoms with Gasteiger partial charge in [-0.2, -0.15) is 5.01 Å². The van der Waals surface area contributed by atoms with Crippen LogP contribution in [0.1, 0.15) is 40.0 Å². The van der Waals surface area contributed by atoms with Crippen molar-refractivity contribution in [2.24, 2.45) is 23.7 Å². The van der Waals surface area contributed by atoms with Gasteiger partial charge in [0.2, 0.25) is 0 Å². The number of hydrogen-bond acceptors (Lipinski definition) is 6. The lowest BCUT2D eigenvalue weighted by atomic mass is 9.81. The number of hydrazine groups is 1. The quantitative estimate of drug-likeness (QED) is 0.246. The van der Waals surface area contributed by atoms with E-state index in [1.54, 1.807) is 0 Å². The Labute approximate surface area is 209 Å². The molecule has 5 rings (SSSR count). The molecule has 0 radical (unpaired) electrons. The van der Waals surface area contributed by atoms with Crippen LogP contribution in [-0.4, -0.2) is 45.0 Å². The molecule has 0 unspecified atom stereocenters. The maximum absolute atomic E-state index is 13.5. The Morgan fingerprint density at radius 2 is 1.60 bits per heavy atom. The third kappa shape index (κ3) is 3.88. The number of nitro groups is 1. The van der Waals surface area contributed by atoms with Crippen molar-refractivity contribution in [1.29, 1.82) is 0 Å². The van der Waals surface area contributed by atoms with Gasteiger partial charge in [-0.25, -0.2) is 5.01 Å². The average Bonchev–Trinajstić information content (AvgIpc) is 3.51. The summed E-state index contributed by atoms with van der Waals surface area (Å²) in [6.45, 7) is -0.622. The normalized spacial score (nSPS) is 24.6. The minimum absolute atomic E-state index is 0.00812. The highest BCUT2D eigenvalue weighted by atomic mass is 35.5. The number of carbonyl (C=O) groups excluding carboxylic acids is 4. The zero-order valence-corrected chi connectivity index (χ0v) is 19.7. The number of fused-ring (bicyclic) bond motifs is 5. The molecule has 2 aromatic rings. The largest absolute Gasteiger partial charge is 0.292 e. The second kappa shape index (κ2) is 8.73. The van der Waals surface area contributed by atoms with E-state index in [-0.39, 0.29) is 33.7 Å². The molecular weight excluding hydrogens is 497 g/mol. The van der Waals surface area contributed by atoms with Crippen LogP contribution in [0.2, 0.25) is 10.0 Å². The zero-order chi connectivity index (χ0) is 25.0. The van der Waals surface area contributed by atoms with E-state index in [0.717, 1.165) is 41.4 Å². The van der Waals surface area contributed by atoms with Crippen molar-refractivity contribution in [3.8, 4) is 0 Å². The summed E-state index contributed by atoms with van der Waals surface area (Å²) in [5, 5.41) is 13.0. The number of imide groups is 1. The van der Waals surface area contributed by atoms with Gasteiger partial charge in [-0.1, -0.05) is 23.2 Å². The van der Waals surface area contributed by atoms with Crippen molar-refractivity contribution in [2.45, 2.75) is 19.3 Å². The third-order valence-electron chi connectivity index (χ3n) is 7.23. The fourth-order valence-corrected chi connectivity index (χ4v) is 6.19. The highest BCUT2D eigenvalue weighted by Gasteiger charge is 2.62. The monoisotopic (exact) mass is 515 g/mol. The van der Waals surface area contributed by atoms with Gasteiger partial charge in [0.1, 0.15) is 6.54 Å². The smallest absolute Gasteiger partial charge is 0.273 e. The van der Waals surface area contributed by atoms with Crippen LogP contribution in [0.3, 0.4) is 0 Å². The van der Waals surface area contributed by atoms with Crippen LogP contribution in [0.25, 0.3) is 0 Å². The molecule has 1 heterocycles. The summed E-state index contributed by atoms with van der Waals surface area (Å²) in [6, 6.07) is 9.00. The van der Waals surface area contributed by atoms with E-state index in [9.17, 15) is 29.3 Å². The molecular formula is C24H19Cl2N3O6. The first-order chi connectivity index (χ1) is 16.7. The summed E-state index contributed by atoms with van der Waals surface area (Å²) in [5.74, 6) is -3.19. The Hall–Kier alpha value is -3.30. The van der Waals surface area contributed by atoms with Gasteiger partial charge in [-0.05, 0) is 61.4 Å². The predicted molar refractivity (Wildman–Crippen MR) is 125 cm³/mol. The molecule has 11 heteroatoms. The van der Waals surface area contributed by atoms with Crippen molar-refractivity contribution in [2.75, 3.05) is 6.54 Å². The molecule has 0 spiro atoms. The molecule has 3 fully saturated rings. The molecule has 2 aliphatic carbocycles. The predicted octanol–water partition coefficient (Wildman–Crippen LogP) is 4.17. The molecule has 9 nitrogen and oxygen atoms in total. The number of ketones is 1. The highest BCUT2D eigenvalue weighted by molar-refractivity contribution is 6.37. The summed E-state index contributed by atoms with van der Waals surface area (Å²) in [6.07, 6.45) is 2.53. The minimum atomic E-state index is -0.799. The maximum Gasteiger partial charge on any atom is 0.273 e. The molecule has 1 saturated heterocycles. The van der Waals surface area contributed by atoms with Crippen LogP contribution in [0.15, 0.2) is 42.5 Å². The highest BCUT2D eigenvalue weighted by Crippen LogP contribution is 2.56. The molecule has 0 N–H and O–H groups in total. The minimum Gasteiger partial charge on any atom is -0.292 e. The van der Waals surface area contributed by atoms with E-state index in [2.05, 4.69) is 0 Å². The number of nitrogens with zero attached hydrogens (tertiary/aromatic N) is 3. The number of carbonyl (C=O) groups is 4. The summed E-state index contributed by atoms with van der Waals surface area (Å²) in [7, 11) is 0. The van der Waals surface area contributed by atoms with Gasteiger partial charge < -0.3 is 0 Å². The number of Topliss-reactive ketones (excluding diaryl/α,β-unsaturated/α-hetero) is 1. The molecule has 4 atom stereocenters. The number of nitro benzene ring substituents is 1. The van der Waals surface area contributed by atoms with Gasteiger partial charge in [0.05, 0.1) is 21.8 Å². The number of hydrogen-bond donors (Lipinski definition) is 0. The van der Waals surface area contributed by atoms with Crippen LogP contribution < -0.4 is 0 Å². The van der Waals surface area contributed by atoms with Crippen LogP contribution >= 0.6 is 23.2 Å². The van der Waals surface area contributed by atoms with Crippen LogP contribution in [0.5, 0.6) is 0 Å². The molecule has 1 aliphatic heterocycles. The van der Waals surface area contributed by atoms with Crippen molar-refractivity contribution >= 4 is 52.4 Å². The summed E-state index contributed by atoms with van der Waals surface area (Å²) in [5.41, 5.74) is -0.153. The first-order valence-corrected chi connectivity index (χ1v) is 11.8. The second-order valence-electron chi connectivity index (χ2n) is 9.09. The first kappa shape index (κ1) is 23.4. The van der Waals surface area contributed by atoms with Gasteiger partial charge in [-0.15, -0.1) is 0 Å². The van der Waals surface area contributed by atoms with Gasteiger partial charge in [0.25, 0.3) is 23.4 Å². The lowest BCUT2D eigenvalue weighted by Gasteiger charge is -2.31. The molecule has 2 saturated carbocycles. The van der Waals surface area contributed by atoms with Crippen molar-refractivity contribution in [3.63, 3.8) is 0 Å². The molecule has 2 bridgehead atoms. The van der Waals surface area contributed by atoms with Crippen molar-refractivity contribution < 1.29 is 24.1 Å². The van der Waals surface area contributed by atoms with E-state index in [1.165, 1.54) is 30.3 Å². The van der Waals surface area contributed by atoms with Gasteiger partial charge in [0.15, 0.2) is 5.78 Å². The zero-order valence-electron chi connectivity index (χ0n) is 18.2. The molecule has 3 aliphatic rings. The lowest BCUT2D eigenvalue weighted by Crippen LogP contribution is -2.52. The number of rotatable bonds is 6. The molecule has 180 valence electrons.